The predicted molar refractivity (Wildman–Crippen MR) is 128 cm³/mol. The zero-order valence-corrected chi connectivity index (χ0v) is 19.5. The summed E-state index contributed by atoms with van der Waals surface area (Å²) in [5.41, 5.74) is 4.36. The topological polar surface area (TPSA) is 93.2 Å². The lowest BCUT2D eigenvalue weighted by Crippen LogP contribution is -2.45. The number of imide groups is 1. The highest BCUT2D eigenvalue weighted by Gasteiger charge is 2.46. The Balaban J connectivity index is 1.16. The van der Waals surface area contributed by atoms with Crippen LogP contribution in [-0.4, -0.2) is 59.2 Å². The Morgan fingerprint density at radius 3 is 1.89 bits per heavy atom. The molecule has 6 rings (SSSR count). The highest BCUT2D eigenvalue weighted by Crippen LogP contribution is 2.44. The van der Waals surface area contributed by atoms with Gasteiger partial charge < -0.3 is 9.57 Å². The molecular weight excluding hydrogens is 479 g/mol. The van der Waals surface area contributed by atoms with Crippen LogP contribution >= 0.6 is 0 Å². The van der Waals surface area contributed by atoms with Crippen molar-refractivity contribution in [3.8, 4) is 11.1 Å². The molecule has 1 saturated heterocycles. The van der Waals surface area contributed by atoms with E-state index >= 15 is 0 Å². The van der Waals surface area contributed by atoms with Gasteiger partial charge in [0.1, 0.15) is 18.8 Å². The summed E-state index contributed by atoms with van der Waals surface area (Å²) in [5, 5.41) is 0.356. The number of hydrogen-bond acceptors (Lipinski definition) is 6. The van der Waals surface area contributed by atoms with Gasteiger partial charge in [-0.25, -0.2) is 14.0 Å². The number of benzene rings is 3. The second-order valence-electron chi connectivity index (χ2n) is 9.17. The fraction of sp³-hybridized carbons (Fsp3) is 0.214. The number of nitrogens with zero attached hydrogens (tertiary/aromatic N) is 2. The van der Waals surface area contributed by atoms with Crippen LogP contribution < -0.4 is 0 Å². The fourth-order valence-electron chi connectivity index (χ4n) is 5.29. The summed E-state index contributed by atoms with van der Waals surface area (Å²) in [6.07, 6.45) is -2.68. The van der Waals surface area contributed by atoms with Crippen LogP contribution in [0.3, 0.4) is 0 Å². The minimum absolute atomic E-state index is 0.000482. The molecule has 3 aromatic rings. The van der Waals surface area contributed by atoms with E-state index in [-0.39, 0.29) is 36.6 Å². The normalized spacial score (nSPS) is 20.0. The average molecular weight is 500 g/mol. The van der Waals surface area contributed by atoms with Gasteiger partial charge in [-0.3, -0.25) is 14.5 Å². The van der Waals surface area contributed by atoms with Gasteiger partial charge in [-0.1, -0.05) is 65.7 Å². The quantitative estimate of drug-likeness (QED) is 0.501. The molecule has 2 atom stereocenters. The van der Waals surface area contributed by atoms with Crippen LogP contribution in [0.2, 0.25) is 0 Å². The van der Waals surface area contributed by atoms with E-state index in [2.05, 4.69) is 0 Å². The van der Waals surface area contributed by atoms with Gasteiger partial charge in [0.2, 0.25) is 0 Å². The number of hydrogen-bond donors (Lipinski definition) is 0. The highest BCUT2D eigenvalue weighted by molar-refractivity contribution is 6.21. The SMILES string of the molecule is O=C(ON1C(=O)c2ccccc2C1=O)[C@@H]1C[C@@H](F)CN1C(=O)OCC1c2ccccc2-c2ccccc21. The smallest absolute Gasteiger partial charge is 0.410 e. The molecular formula is C28H21FN2O6. The molecule has 1 aliphatic carbocycles. The van der Waals surface area contributed by atoms with E-state index in [0.717, 1.165) is 27.2 Å². The van der Waals surface area contributed by atoms with Crippen molar-refractivity contribution in [3.05, 3.63) is 95.1 Å². The van der Waals surface area contributed by atoms with Crippen LogP contribution in [0.1, 0.15) is 44.2 Å². The van der Waals surface area contributed by atoms with Gasteiger partial charge in [-0.15, -0.1) is 0 Å². The minimum atomic E-state index is -1.49. The van der Waals surface area contributed by atoms with Crippen LogP contribution in [-0.2, 0) is 14.4 Å². The monoisotopic (exact) mass is 500 g/mol. The van der Waals surface area contributed by atoms with Crippen LogP contribution in [0.25, 0.3) is 11.1 Å². The molecule has 0 aromatic heterocycles. The molecule has 0 saturated carbocycles. The fourth-order valence-corrected chi connectivity index (χ4v) is 5.29. The second-order valence-corrected chi connectivity index (χ2v) is 9.17. The number of likely N-dealkylation sites (tertiary alicyclic amines) is 1. The van der Waals surface area contributed by atoms with E-state index < -0.39 is 36.1 Å². The van der Waals surface area contributed by atoms with E-state index in [1.807, 2.05) is 48.5 Å². The summed E-state index contributed by atoms with van der Waals surface area (Å²) in [6, 6.07) is 20.4. The summed E-state index contributed by atoms with van der Waals surface area (Å²) >= 11 is 0. The lowest BCUT2D eigenvalue weighted by molar-refractivity contribution is -0.173. The van der Waals surface area contributed by atoms with Crippen molar-refractivity contribution in [2.45, 2.75) is 24.6 Å². The first-order valence-electron chi connectivity index (χ1n) is 11.9. The van der Waals surface area contributed by atoms with Gasteiger partial charge >= 0.3 is 12.1 Å². The minimum Gasteiger partial charge on any atom is -0.448 e. The first-order chi connectivity index (χ1) is 17.9. The predicted octanol–water partition coefficient (Wildman–Crippen LogP) is 4.10. The maximum absolute atomic E-state index is 14.4. The number of alkyl halides is 1. The van der Waals surface area contributed by atoms with Crippen molar-refractivity contribution in [3.63, 3.8) is 0 Å². The Morgan fingerprint density at radius 2 is 1.32 bits per heavy atom. The summed E-state index contributed by atoms with van der Waals surface area (Å²) < 4.78 is 19.9. The molecule has 0 radical (unpaired) electrons. The number of halogens is 1. The molecule has 0 spiro atoms. The molecule has 3 amide bonds. The van der Waals surface area contributed by atoms with E-state index in [1.54, 1.807) is 12.1 Å². The molecule has 37 heavy (non-hydrogen) atoms. The first-order valence-corrected chi connectivity index (χ1v) is 11.9. The van der Waals surface area contributed by atoms with Gasteiger partial charge in [0.05, 0.1) is 17.7 Å². The Morgan fingerprint density at radius 1 is 0.811 bits per heavy atom. The van der Waals surface area contributed by atoms with Crippen molar-refractivity contribution in [2.24, 2.45) is 0 Å². The molecule has 1 fully saturated rings. The summed E-state index contributed by atoms with van der Waals surface area (Å²) in [5.74, 6) is -2.88. The van der Waals surface area contributed by atoms with Gasteiger partial charge in [-0.05, 0) is 34.4 Å². The van der Waals surface area contributed by atoms with Crippen LogP contribution in [0.5, 0.6) is 0 Å². The molecule has 2 heterocycles. The molecule has 0 unspecified atom stereocenters. The van der Waals surface area contributed by atoms with Crippen molar-refractivity contribution >= 4 is 23.9 Å². The summed E-state index contributed by atoms with van der Waals surface area (Å²) in [6.45, 7) is -0.362. The lowest BCUT2D eigenvalue weighted by Gasteiger charge is -2.24. The van der Waals surface area contributed by atoms with Crippen LogP contribution in [0.4, 0.5) is 9.18 Å². The molecule has 2 aliphatic heterocycles. The third-order valence-corrected chi connectivity index (χ3v) is 7.03. The number of carbonyl (C=O) groups excluding carboxylic acids is 4. The van der Waals surface area contributed by atoms with Crippen LogP contribution in [0, 0.1) is 0 Å². The molecule has 9 heteroatoms. The van der Waals surface area contributed by atoms with E-state index in [0.29, 0.717) is 5.06 Å². The number of ether oxygens (including phenoxy) is 1. The third-order valence-electron chi connectivity index (χ3n) is 7.03. The van der Waals surface area contributed by atoms with Crippen molar-refractivity contribution < 1.29 is 33.1 Å². The van der Waals surface area contributed by atoms with Gasteiger partial charge in [0.25, 0.3) is 11.8 Å². The first kappa shape index (κ1) is 22.9. The average Bonchev–Trinajstić information content (AvgIpc) is 3.54. The van der Waals surface area contributed by atoms with Crippen molar-refractivity contribution in [2.75, 3.05) is 13.2 Å². The van der Waals surface area contributed by atoms with E-state index in [4.69, 9.17) is 9.57 Å². The summed E-state index contributed by atoms with van der Waals surface area (Å²) in [4.78, 5) is 57.0. The molecule has 0 N–H and O–H groups in total. The largest absolute Gasteiger partial charge is 0.448 e. The van der Waals surface area contributed by atoms with Crippen molar-refractivity contribution in [1.82, 2.24) is 9.96 Å². The molecule has 0 bridgehead atoms. The molecule has 8 nitrogen and oxygen atoms in total. The molecule has 3 aromatic carbocycles. The number of fused-ring (bicyclic) bond motifs is 4. The Hall–Kier alpha value is -4.53. The maximum atomic E-state index is 14.4. The van der Waals surface area contributed by atoms with Crippen molar-refractivity contribution in [1.29, 1.82) is 0 Å². The van der Waals surface area contributed by atoms with Crippen LogP contribution in [0.15, 0.2) is 72.8 Å². The zero-order valence-electron chi connectivity index (χ0n) is 19.5. The standard InChI is InChI=1S/C28H21FN2O6/c29-16-13-24(27(34)37-31-25(32)21-11-5-6-12-22(21)26(31)33)30(14-16)28(35)36-15-23-19-9-3-1-7-17(19)18-8-2-4-10-20(18)23/h1-12,16,23-24H,13-15H2/t16-,24+/m1/s1. The second kappa shape index (κ2) is 8.85. The Bertz CT molecular complexity index is 1380. The number of hydroxylamine groups is 2. The zero-order chi connectivity index (χ0) is 25.7. The summed E-state index contributed by atoms with van der Waals surface area (Å²) in [7, 11) is 0. The third kappa shape index (κ3) is 3.74. The highest BCUT2D eigenvalue weighted by atomic mass is 19.1. The Kier molecular flexibility index (Phi) is 5.48. The number of rotatable bonds is 4. The number of carbonyl (C=O) groups is 4. The van der Waals surface area contributed by atoms with Gasteiger partial charge in [0.15, 0.2) is 0 Å². The molecule has 3 aliphatic rings. The van der Waals surface area contributed by atoms with Gasteiger partial charge in [0, 0.05) is 12.3 Å². The van der Waals surface area contributed by atoms with E-state index in [9.17, 15) is 23.6 Å². The number of amides is 3. The lowest BCUT2D eigenvalue weighted by atomic mass is 9.98. The van der Waals surface area contributed by atoms with Gasteiger partial charge in [-0.2, -0.15) is 0 Å². The van der Waals surface area contributed by atoms with E-state index in [1.165, 1.54) is 12.1 Å². The Labute approximate surface area is 211 Å². The maximum Gasteiger partial charge on any atom is 0.410 e. The molecule has 186 valence electrons.